The number of carbonyl (C=O) groups excluding carboxylic acids is 1. The molecule has 0 bridgehead atoms. The molecule has 1 N–H and O–H groups in total. The molecule has 9 heteroatoms. The number of hydrazone groups is 1. The Morgan fingerprint density at radius 1 is 1.48 bits per heavy atom. The number of hydrogen-bond acceptors (Lipinski definition) is 7. The average Bonchev–Trinajstić information content (AvgIpc) is 2.62. The Kier molecular flexibility index (Phi) is 5.99. The van der Waals surface area contributed by atoms with Crippen molar-refractivity contribution in [3.8, 4) is 11.5 Å². The molecule has 2 rings (SSSR count). The quantitative estimate of drug-likeness (QED) is 0.467. The Morgan fingerprint density at radius 3 is 2.88 bits per heavy atom. The molecule has 0 saturated heterocycles. The fourth-order valence-electron chi connectivity index (χ4n) is 2.01. The maximum absolute atomic E-state index is 11.9. The number of nitrogens with one attached hydrogen (secondary N) is 1. The monoisotopic (exact) mass is 344 g/mol. The van der Waals surface area contributed by atoms with Crippen molar-refractivity contribution in [1.29, 1.82) is 0 Å². The highest BCUT2D eigenvalue weighted by Gasteiger charge is 2.21. The first-order valence-electron chi connectivity index (χ1n) is 7.29. The van der Waals surface area contributed by atoms with Crippen LogP contribution in [-0.4, -0.2) is 35.7 Å². The van der Waals surface area contributed by atoms with Crippen LogP contribution in [-0.2, 0) is 0 Å². The maximum atomic E-state index is 11.9. The summed E-state index contributed by atoms with van der Waals surface area (Å²) in [5, 5.41) is 15.0. The van der Waals surface area contributed by atoms with Crippen LogP contribution in [0.4, 0.5) is 5.69 Å². The van der Waals surface area contributed by atoms with Crippen molar-refractivity contribution in [2.75, 3.05) is 13.7 Å². The number of rotatable bonds is 7. The topological polar surface area (TPSA) is 116 Å². The third-order valence-corrected chi connectivity index (χ3v) is 3.06. The number of pyridine rings is 1. The summed E-state index contributed by atoms with van der Waals surface area (Å²) in [7, 11) is 1.33. The Morgan fingerprint density at radius 2 is 2.28 bits per heavy atom. The van der Waals surface area contributed by atoms with Gasteiger partial charge in [-0.2, -0.15) is 5.10 Å². The molecule has 0 unspecified atom stereocenters. The summed E-state index contributed by atoms with van der Waals surface area (Å²) in [6.07, 6.45) is 4.23. The molecule has 1 aromatic carbocycles. The van der Waals surface area contributed by atoms with Gasteiger partial charge in [0.15, 0.2) is 5.75 Å². The zero-order valence-corrected chi connectivity index (χ0v) is 13.6. The SMILES string of the molecule is CCOc1cc(/C=N\NC(=O)c2cccnc2)cc([N+](=O)[O-])c1OC. The van der Waals surface area contributed by atoms with E-state index in [-0.39, 0.29) is 17.2 Å². The van der Waals surface area contributed by atoms with Gasteiger partial charge in [0.05, 0.1) is 30.4 Å². The van der Waals surface area contributed by atoms with E-state index in [1.54, 1.807) is 25.3 Å². The van der Waals surface area contributed by atoms with E-state index in [1.165, 1.54) is 31.7 Å². The number of nitrogens with zero attached hydrogens (tertiary/aromatic N) is 3. The molecule has 0 saturated carbocycles. The summed E-state index contributed by atoms with van der Waals surface area (Å²) in [6, 6.07) is 6.03. The van der Waals surface area contributed by atoms with Gasteiger partial charge in [-0.05, 0) is 25.1 Å². The predicted octanol–water partition coefficient (Wildman–Crippen LogP) is 2.16. The van der Waals surface area contributed by atoms with E-state index in [1.807, 2.05) is 0 Å². The van der Waals surface area contributed by atoms with Gasteiger partial charge in [0, 0.05) is 24.0 Å². The smallest absolute Gasteiger partial charge is 0.315 e. The van der Waals surface area contributed by atoms with Crippen molar-refractivity contribution in [2.24, 2.45) is 5.10 Å². The fourth-order valence-corrected chi connectivity index (χ4v) is 2.01. The summed E-state index contributed by atoms with van der Waals surface area (Å²) in [5.74, 6) is -0.194. The van der Waals surface area contributed by atoms with Gasteiger partial charge in [0.25, 0.3) is 5.91 Å². The van der Waals surface area contributed by atoms with Crippen molar-refractivity contribution in [2.45, 2.75) is 6.92 Å². The second-order valence-electron chi connectivity index (χ2n) is 4.70. The van der Waals surface area contributed by atoms with Gasteiger partial charge in [-0.15, -0.1) is 0 Å². The van der Waals surface area contributed by atoms with Crippen molar-refractivity contribution < 1.29 is 19.2 Å². The first-order chi connectivity index (χ1) is 12.1. The van der Waals surface area contributed by atoms with E-state index in [0.717, 1.165) is 0 Å². The summed E-state index contributed by atoms with van der Waals surface area (Å²) in [4.78, 5) is 26.3. The van der Waals surface area contributed by atoms with Crippen LogP contribution >= 0.6 is 0 Å². The second-order valence-corrected chi connectivity index (χ2v) is 4.70. The summed E-state index contributed by atoms with van der Waals surface area (Å²) >= 11 is 0. The predicted molar refractivity (Wildman–Crippen MR) is 90.1 cm³/mol. The number of carbonyl (C=O) groups is 1. The molecule has 2 aromatic rings. The first kappa shape index (κ1) is 17.9. The lowest BCUT2D eigenvalue weighted by molar-refractivity contribution is -0.385. The molecule has 0 radical (unpaired) electrons. The molecular weight excluding hydrogens is 328 g/mol. The minimum Gasteiger partial charge on any atom is -0.490 e. The van der Waals surface area contributed by atoms with Crippen LogP contribution in [0.25, 0.3) is 0 Å². The minimum atomic E-state index is -0.576. The molecule has 0 atom stereocenters. The number of ether oxygens (including phenoxy) is 2. The highest BCUT2D eigenvalue weighted by atomic mass is 16.6. The number of methoxy groups -OCH3 is 1. The molecule has 1 aromatic heterocycles. The molecule has 0 spiro atoms. The van der Waals surface area contributed by atoms with Crippen molar-refractivity contribution in [1.82, 2.24) is 10.4 Å². The van der Waals surface area contributed by atoms with Crippen LogP contribution in [0.2, 0.25) is 0 Å². The average molecular weight is 344 g/mol. The van der Waals surface area contributed by atoms with Crippen LogP contribution < -0.4 is 14.9 Å². The molecule has 25 heavy (non-hydrogen) atoms. The summed E-state index contributed by atoms with van der Waals surface area (Å²) in [6.45, 7) is 2.06. The Hall–Kier alpha value is -3.49. The van der Waals surface area contributed by atoms with E-state index in [4.69, 9.17) is 9.47 Å². The van der Waals surface area contributed by atoms with Gasteiger partial charge in [-0.25, -0.2) is 5.43 Å². The van der Waals surface area contributed by atoms with Gasteiger partial charge >= 0.3 is 5.69 Å². The zero-order chi connectivity index (χ0) is 18.2. The first-order valence-corrected chi connectivity index (χ1v) is 7.29. The molecule has 0 aliphatic heterocycles. The normalized spacial score (nSPS) is 10.5. The van der Waals surface area contributed by atoms with Crippen LogP contribution in [0.1, 0.15) is 22.8 Å². The zero-order valence-electron chi connectivity index (χ0n) is 13.6. The van der Waals surface area contributed by atoms with Crippen LogP contribution in [0.3, 0.4) is 0 Å². The molecule has 130 valence electrons. The van der Waals surface area contributed by atoms with E-state index in [2.05, 4.69) is 15.5 Å². The van der Waals surface area contributed by atoms with E-state index in [9.17, 15) is 14.9 Å². The molecule has 9 nitrogen and oxygen atoms in total. The Bertz CT molecular complexity index is 793. The molecule has 1 heterocycles. The van der Waals surface area contributed by atoms with Crippen LogP contribution in [0.5, 0.6) is 11.5 Å². The van der Waals surface area contributed by atoms with Gasteiger partial charge in [0.1, 0.15) is 0 Å². The van der Waals surface area contributed by atoms with E-state index in [0.29, 0.717) is 17.7 Å². The van der Waals surface area contributed by atoms with Crippen LogP contribution in [0, 0.1) is 10.1 Å². The molecular formula is C16H16N4O5. The van der Waals surface area contributed by atoms with Gasteiger partial charge < -0.3 is 9.47 Å². The molecule has 0 fully saturated rings. The number of nitro groups is 1. The number of aromatic nitrogens is 1. The molecule has 0 aliphatic rings. The van der Waals surface area contributed by atoms with E-state index < -0.39 is 10.8 Å². The highest BCUT2D eigenvalue weighted by molar-refractivity contribution is 5.94. The molecule has 0 aliphatic carbocycles. The van der Waals surface area contributed by atoms with Crippen LogP contribution in [0.15, 0.2) is 41.8 Å². The molecule has 1 amide bonds. The fraction of sp³-hybridized carbons (Fsp3) is 0.188. The maximum Gasteiger partial charge on any atom is 0.315 e. The van der Waals surface area contributed by atoms with Crippen molar-refractivity contribution in [3.63, 3.8) is 0 Å². The Labute approximate surface area is 143 Å². The van der Waals surface area contributed by atoms with Crippen molar-refractivity contribution >= 4 is 17.8 Å². The lowest BCUT2D eigenvalue weighted by atomic mass is 10.2. The largest absolute Gasteiger partial charge is 0.490 e. The third kappa shape index (κ3) is 4.50. The second kappa shape index (κ2) is 8.39. The summed E-state index contributed by atoms with van der Waals surface area (Å²) in [5.41, 5.74) is 2.79. The number of nitro benzene ring substituents is 1. The van der Waals surface area contributed by atoms with Gasteiger partial charge in [0.2, 0.25) is 5.75 Å². The highest BCUT2D eigenvalue weighted by Crippen LogP contribution is 2.37. The Balaban J connectivity index is 2.23. The number of benzene rings is 1. The number of hydrogen-bond donors (Lipinski definition) is 1. The van der Waals surface area contributed by atoms with Gasteiger partial charge in [-0.1, -0.05) is 0 Å². The lowest BCUT2D eigenvalue weighted by Crippen LogP contribution is -2.17. The van der Waals surface area contributed by atoms with E-state index >= 15 is 0 Å². The standard InChI is InChI=1S/C16H16N4O5/c1-3-25-14-8-11(7-13(20(22)23)15(14)24-2)9-18-19-16(21)12-5-4-6-17-10-12/h4-10H,3H2,1-2H3,(H,19,21)/b18-9-. The summed E-state index contributed by atoms with van der Waals surface area (Å²) < 4.78 is 10.4. The lowest BCUT2D eigenvalue weighted by Gasteiger charge is -2.10. The van der Waals surface area contributed by atoms with Gasteiger partial charge in [-0.3, -0.25) is 19.9 Å². The minimum absolute atomic E-state index is 0.0309. The van der Waals surface area contributed by atoms with Crippen molar-refractivity contribution in [3.05, 3.63) is 57.9 Å². The number of amides is 1. The third-order valence-electron chi connectivity index (χ3n) is 3.06.